The average Bonchev–Trinajstić information content (AvgIpc) is 3.26. The maximum absolute atomic E-state index is 13.2. The predicted molar refractivity (Wildman–Crippen MR) is 121 cm³/mol. The SMILES string of the molecule is COc1ccc(C(=O)Nc2sc3c(c2C(=O)N[C@H]2CCS(=O)(=O)C2)CC[C@@H](C)C3)cc1. The molecule has 1 aromatic heterocycles. The largest absolute Gasteiger partial charge is 0.497 e. The topological polar surface area (TPSA) is 102 Å². The molecule has 2 aliphatic rings. The molecule has 9 heteroatoms. The minimum Gasteiger partial charge on any atom is -0.497 e. The highest BCUT2D eigenvalue weighted by atomic mass is 32.2. The van der Waals surface area contributed by atoms with E-state index in [9.17, 15) is 18.0 Å². The van der Waals surface area contributed by atoms with E-state index in [0.29, 0.717) is 34.2 Å². The first-order valence-electron chi connectivity index (χ1n) is 10.4. The molecule has 0 radical (unpaired) electrons. The Bertz CT molecular complexity index is 1110. The van der Waals surface area contributed by atoms with Crippen molar-refractivity contribution in [1.82, 2.24) is 5.32 Å². The number of carbonyl (C=O) groups is 2. The van der Waals surface area contributed by atoms with Crippen molar-refractivity contribution in [3.63, 3.8) is 0 Å². The van der Waals surface area contributed by atoms with Gasteiger partial charge in [-0.25, -0.2) is 8.42 Å². The van der Waals surface area contributed by atoms with Gasteiger partial charge in [0, 0.05) is 16.5 Å². The summed E-state index contributed by atoms with van der Waals surface area (Å²) in [5.41, 5.74) is 1.93. The standard InChI is InChI=1S/C22H26N2O5S2/c1-13-3-8-17-18(11-13)30-22(24-20(25)14-4-6-16(29-2)7-5-14)19(17)21(26)23-15-9-10-31(27,28)12-15/h4-7,13,15H,3,8-12H2,1-2H3,(H,23,26)(H,24,25)/t13-,15+/m1/s1. The number of amides is 2. The molecule has 7 nitrogen and oxygen atoms in total. The van der Waals surface area contributed by atoms with Crippen LogP contribution in [-0.2, 0) is 22.7 Å². The molecule has 1 saturated heterocycles. The van der Waals surface area contributed by atoms with Crippen LogP contribution in [0.15, 0.2) is 24.3 Å². The molecule has 31 heavy (non-hydrogen) atoms. The van der Waals surface area contributed by atoms with Crippen LogP contribution in [0.5, 0.6) is 5.75 Å². The Hall–Kier alpha value is -2.39. The Morgan fingerprint density at radius 2 is 1.87 bits per heavy atom. The Labute approximate surface area is 186 Å². The molecule has 0 saturated carbocycles. The third kappa shape index (κ3) is 4.77. The summed E-state index contributed by atoms with van der Waals surface area (Å²) in [7, 11) is -1.54. The molecule has 166 valence electrons. The highest BCUT2D eigenvalue weighted by Gasteiger charge is 2.33. The Balaban J connectivity index is 1.60. The highest BCUT2D eigenvalue weighted by Crippen LogP contribution is 2.40. The first-order valence-corrected chi connectivity index (χ1v) is 13.0. The van der Waals surface area contributed by atoms with Gasteiger partial charge in [0.25, 0.3) is 11.8 Å². The van der Waals surface area contributed by atoms with Gasteiger partial charge in [-0.1, -0.05) is 6.92 Å². The number of hydrogen-bond acceptors (Lipinski definition) is 6. The minimum absolute atomic E-state index is 0.0321. The zero-order chi connectivity index (χ0) is 22.2. The molecular weight excluding hydrogens is 436 g/mol. The van der Waals surface area contributed by atoms with Crippen LogP contribution in [0.1, 0.15) is 50.9 Å². The molecule has 1 fully saturated rings. The molecule has 2 N–H and O–H groups in total. The Kier molecular flexibility index (Phi) is 6.07. The van der Waals surface area contributed by atoms with Crippen LogP contribution in [-0.4, -0.2) is 44.9 Å². The number of fused-ring (bicyclic) bond motifs is 1. The number of ether oxygens (including phenoxy) is 1. The third-order valence-corrected chi connectivity index (χ3v) is 8.82. The van der Waals surface area contributed by atoms with Gasteiger partial charge in [-0.2, -0.15) is 0 Å². The molecule has 2 amide bonds. The van der Waals surface area contributed by atoms with Gasteiger partial charge in [0.05, 0.1) is 24.2 Å². The molecule has 1 aromatic carbocycles. The van der Waals surface area contributed by atoms with Crippen molar-refractivity contribution in [2.45, 2.75) is 38.6 Å². The molecule has 2 atom stereocenters. The van der Waals surface area contributed by atoms with Gasteiger partial charge in [-0.05, 0) is 61.4 Å². The maximum Gasteiger partial charge on any atom is 0.256 e. The van der Waals surface area contributed by atoms with Gasteiger partial charge in [0.1, 0.15) is 10.8 Å². The fourth-order valence-corrected chi connectivity index (χ4v) is 7.24. The van der Waals surface area contributed by atoms with Gasteiger partial charge in [0.15, 0.2) is 9.84 Å². The van der Waals surface area contributed by atoms with Crippen molar-refractivity contribution in [2.24, 2.45) is 5.92 Å². The van der Waals surface area contributed by atoms with Gasteiger partial charge in [-0.15, -0.1) is 11.3 Å². The van der Waals surface area contributed by atoms with E-state index in [1.807, 2.05) is 0 Å². The van der Waals surface area contributed by atoms with Gasteiger partial charge in [0.2, 0.25) is 0 Å². The van der Waals surface area contributed by atoms with Crippen LogP contribution in [0.4, 0.5) is 5.00 Å². The summed E-state index contributed by atoms with van der Waals surface area (Å²) >= 11 is 1.45. The van der Waals surface area contributed by atoms with E-state index in [0.717, 1.165) is 29.7 Å². The van der Waals surface area contributed by atoms with E-state index < -0.39 is 9.84 Å². The summed E-state index contributed by atoms with van der Waals surface area (Å²) in [4.78, 5) is 27.1. The second-order valence-electron chi connectivity index (χ2n) is 8.31. The van der Waals surface area contributed by atoms with Crippen LogP contribution in [0.3, 0.4) is 0 Å². The third-order valence-electron chi connectivity index (χ3n) is 5.89. The van der Waals surface area contributed by atoms with Crippen molar-refractivity contribution in [2.75, 3.05) is 23.9 Å². The fourth-order valence-electron chi connectivity index (χ4n) is 4.16. The number of thiophene rings is 1. The molecule has 1 aliphatic carbocycles. The summed E-state index contributed by atoms with van der Waals surface area (Å²) < 4.78 is 28.7. The lowest BCUT2D eigenvalue weighted by Crippen LogP contribution is -2.36. The predicted octanol–water partition coefficient (Wildman–Crippen LogP) is 3.05. The van der Waals surface area contributed by atoms with Crippen molar-refractivity contribution >= 4 is 38.0 Å². The second kappa shape index (κ2) is 8.63. The van der Waals surface area contributed by atoms with E-state index in [1.54, 1.807) is 31.4 Å². The normalized spacial score (nSPS) is 21.9. The Morgan fingerprint density at radius 1 is 1.13 bits per heavy atom. The zero-order valence-electron chi connectivity index (χ0n) is 17.6. The summed E-state index contributed by atoms with van der Waals surface area (Å²) in [6, 6.07) is 6.38. The first-order chi connectivity index (χ1) is 14.8. The summed E-state index contributed by atoms with van der Waals surface area (Å²) in [6.07, 6.45) is 3.05. The second-order valence-corrected chi connectivity index (χ2v) is 11.6. The van der Waals surface area contributed by atoms with Crippen LogP contribution in [0.2, 0.25) is 0 Å². The molecule has 2 heterocycles. The zero-order valence-corrected chi connectivity index (χ0v) is 19.2. The molecular formula is C22H26N2O5S2. The lowest BCUT2D eigenvalue weighted by molar-refractivity contribution is 0.0941. The molecule has 1 aliphatic heterocycles. The van der Waals surface area contributed by atoms with Crippen molar-refractivity contribution < 1.29 is 22.7 Å². The van der Waals surface area contributed by atoms with E-state index in [4.69, 9.17) is 4.74 Å². The maximum atomic E-state index is 13.2. The quantitative estimate of drug-likeness (QED) is 0.711. The van der Waals surface area contributed by atoms with Crippen LogP contribution in [0, 0.1) is 5.92 Å². The number of methoxy groups -OCH3 is 1. The van der Waals surface area contributed by atoms with Gasteiger partial charge >= 0.3 is 0 Å². The molecule has 0 spiro atoms. The Morgan fingerprint density at radius 3 is 2.52 bits per heavy atom. The number of anilines is 1. The van der Waals surface area contributed by atoms with Crippen LogP contribution < -0.4 is 15.4 Å². The number of hydrogen-bond donors (Lipinski definition) is 2. The van der Waals surface area contributed by atoms with Crippen molar-refractivity contribution in [3.05, 3.63) is 45.8 Å². The van der Waals surface area contributed by atoms with E-state index >= 15 is 0 Å². The summed E-state index contributed by atoms with van der Waals surface area (Å²) in [5.74, 6) is 0.635. The lowest BCUT2D eigenvalue weighted by atomic mass is 9.88. The molecule has 0 bridgehead atoms. The number of sulfone groups is 1. The van der Waals surface area contributed by atoms with E-state index in [1.165, 1.54) is 11.3 Å². The van der Waals surface area contributed by atoms with Crippen molar-refractivity contribution in [3.8, 4) is 5.75 Å². The lowest BCUT2D eigenvalue weighted by Gasteiger charge is -2.19. The van der Waals surface area contributed by atoms with Crippen LogP contribution in [0.25, 0.3) is 0 Å². The number of carbonyl (C=O) groups excluding carboxylic acids is 2. The van der Waals surface area contributed by atoms with Gasteiger partial charge in [-0.3, -0.25) is 9.59 Å². The summed E-state index contributed by atoms with van der Waals surface area (Å²) in [6.45, 7) is 2.18. The van der Waals surface area contributed by atoms with E-state index in [2.05, 4.69) is 17.6 Å². The monoisotopic (exact) mass is 462 g/mol. The van der Waals surface area contributed by atoms with Crippen LogP contribution >= 0.6 is 11.3 Å². The minimum atomic E-state index is -3.10. The molecule has 0 unspecified atom stereocenters. The first kappa shape index (κ1) is 21.8. The van der Waals surface area contributed by atoms with Gasteiger partial charge < -0.3 is 15.4 Å². The van der Waals surface area contributed by atoms with E-state index in [-0.39, 0.29) is 29.4 Å². The highest BCUT2D eigenvalue weighted by molar-refractivity contribution is 7.91. The number of rotatable bonds is 5. The summed E-state index contributed by atoms with van der Waals surface area (Å²) in [5, 5.41) is 6.33. The molecule has 2 aromatic rings. The molecule has 4 rings (SSSR count). The number of nitrogens with one attached hydrogen (secondary N) is 2. The number of benzene rings is 1. The average molecular weight is 463 g/mol. The van der Waals surface area contributed by atoms with Crippen molar-refractivity contribution in [1.29, 1.82) is 0 Å². The fraction of sp³-hybridized carbons (Fsp3) is 0.455. The smallest absolute Gasteiger partial charge is 0.256 e.